The zero-order valence-corrected chi connectivity index (χ0v) is 14.1. The number of benzene rings is 2. The van der Waals surface area contributed by atoms with E-state index in [4.69, 9.17) is 14.2 Å². The summed E-state index contributed by atoms with van der Waals surface area (Å²) in [5.74, 6) is 1.30. The van der Waals surface area contributed by atoms with Crippen LogP contribution in [0.3, 0.4) is 0 Å². The van der Waals surface area contributed by atoms with Crippen molar-refractivity contribution >= 4 is 11.6 Å². The van der Waals surface area contributed by atoms with Crippen LogP contribution in [0.4, 0.5) is 5.69 Å². The summed E-state index contributed by atoms with van der Waals surface area (Å²) in [7, 11) is 0. The number of anilines is 1. The topological polar surface area (TPSA) is 60.1 Å². The highest BCUT2D eigenvalue weighted by Gasteiger charge is 2.26. The number of hydrogen-bond acceptors (Lipinski definition) is 4. The van der Waals surface area contributed by atoms with E-state index in [1.807, 2.05) is 57.2 Å². The molecule has 0 bridgehead atoms. The van der Waals surface area contributed by atoms with Crippen molar-refractivity contribution in [1.29, 1.82) is 0 Å². The molecule has 1 heterocycles. The molecular weight excluding hydrogens is 306 g/mol. The van der Waals surface area contributed by atoms with Crippen LogP contribution in [0.5, 0.6) is 11.5 Å². The standard InChI is InChI=1S/C19H21NO4/c1-12-5-4-6-16(7-12)22-10-17(21)20-15-8-13(2)19(14(3)9-15)24-18-11-23-18/h4-9,18H,10-11H2,1-3H3,(H,20,21). The Morgan fingerprint density at radius 1 is 1.21 bits per heavy atom. The third-order valence-electron chi connectivity index (χ3n) is 3.66. The van der Waals surface area contributed by atoms with Gasteiger partial charge in [-0.25, -0.2) is 0 Å². The highest BCUT2D eigenvalue weighted by molar-refractivity contribution is 5.92. The van der Waals surface area contributed by atoms with Crippen LogP contribution in [-0.2, 0) is 9.53 Å². The molecule has 1 fully saturated rings. The number of hydrogen-bond donors (Lipinski definition) is 1. The molecule has 5 heteroatoms. The molecule has 1 aliphatic heterocycles. The molecule has 0 radical (unpaired) electrons. The highest BCUT2D eigenvalue weighted by atomic mass is 16.8. The predicted octanol–water partition coefficient (Wildman–Crippen LogP) is 3.36. The lowest BCUT2D eigenvalue weighted by Crippen LogP contribution is -2.20. The molecule has 1 aliphatic rings. The average Bonchev–Trinajstić information content (AvgIpc) is 3.33. The van der Waals surface area contributed by atoms with Gasteiger partial charge in [0.25, 0.3) is 5.91 Å². The first kappa shape index (κ1) is 16.3. The molecule has 0 aliphatic carbocycles. The third-order valence-corrected chi connectivity index (χ3v) is 3.66. The molecule has 0 aromatic heterocycles. The molecule has 1 N–H and O–H groups in total. The van der Waals surface area contributed by atoms with Gasteiger partial charge in [-0.3, -0.25) is 4.79 Å². The van der Waals surface area contributed by atoms with Crippen LogP contribution in [-0.4, -0.2) is 25.4 Å². The second-order valence-corrected chi connectivity index (χ2v) is 5.97. The van der Waals surface area contributed by atoms with Gasteiger partial charge in [-0.1, -0.05) is 12.1 Å². The molecule has 0 saturated carbocycles. The maximum atomic E-state index is 12.1. The fraction of sp³-hybridized carbons (Fsp3) is 0.316. The van der Waals surface area contributed by atoms with E-state index in [2.05, 4.69) is 5.32 Å². The number of nitrogens with one attached hydrogen (secondary N) is 1. The first-order valence-corrected chi connectivity index (χ1v) is 7.90. The molecule has 2 aromatic rings. The van der Waals surface area contributed by atoms with E-state index in [1.165, 1.54) is 0 Å². The number of carbonyl (C=O) groups excluding carboxylic acids is 1. The Labute approximate surface area is 141 Å². The minimum absolute atomic E-state index is 0.0320. The number of rotatable bonds is 6. The van der Waals surface area contributed by atoms with E-state index >= 15 is 0 Å². The minimum atomic E-state index is -0.200. The van der Waals surface area contributed by atoms with E-state index < -0.39 is 0 Å². The lowest BCUT2D eigenvalue weighted by molar-refractivity contribution is -0.118. The fourth-order valence-corrected chi connectivity index (χ4v) is 2.50. The number of amides is 1. The molecular formula is C19H21NO4. The van der Waals surface area contributed by atoms with Gasteiger partial charge in [0.1, 0.15) is 18.1 Å². The summed E-state index contributed by atoms with van der Waals surface area (Å²) in [6, 6.07) is 11.4. The van der Waals surface area contributed by atoms with Gasteiger partial charge in [0.2, 0.25) is 6.29 Å². The predicted molar refractivity (Wildman–Crippen MR) is 91.6 cm³/mol. The van der Waals surface area contributed by atoms with E-state index in [9.17, 15) is 4.79 Å². The Kier molecular flexibility index (Phi) is 4.71. The largest absolute Gasteiger partial charge is 0.484 e. The first-order chi connectivity index (χ1) is 11.5. The third kappa shape index (κ3) is 4.26. The molecule has 1 saturated heterocycles. The molecule has 0 spiro atoms. The van der Waals surface area contributed by atoms with Gasteiger partial charge in [0.15, 0.2) is 6.61 Å². The van der Waals surface area contributed by atoms with Crippen molar-refractivity contribution < 1.29 is 19.0 Å². The van der Waals surface area contributed by atoms with Crippen LogP contribution in [0.1, 0.15) is 16.7 Å². The maximum Gasteiger partial charge on any atom is 0.262 e. The van der Waals surface area contributed by atoms with Gasteiger partial charge in [-0.15, -0.1) is 0 Å². The molecule has 2 aromatic carbocycles. The summed E-state index contributed by atoms with van der Waals surface area (Å²) in [6.45, 7) is 6.48. The molecule has 1 unspecified atom stereocenters. The van der Waals surface area contributed by atoms with Crippen LogP contribution in [0, 0.1) is 20.8 Å². The van der Waals surface area contributed by atoms with Crippen molar-refractivity contribution in [2.24, 2.45) is 0 Å². The van der Waals surface area contributed by atoms with Gasteiger partial charge in [0, 0.05) is 5.69 Å². The Bertz CT molecular complexity index is 730. The SMILES string of the molecule is Cc1cccc(OCC(=O)Nc2cc(C)c(OC3CO3)c(C)c2)c1. The molecule has 3 rings (SSSR count). The van der Waals surface area contributed by atoms with Crippen molar-refractivity contribution in [1.82, 2.24) is 0 Å². The van der Waals surface area contributed by atoms with Crippen molar-refractivity contribution in [2.75, 3.05) is 18.5 Å². The summed E-state index contributed by atoms with van der Waals surface area (Å²) >= 11 is 0. The Morgan fingerprint density at radius 2 is 1.92 bits per heavy atom. The molecule has 1 atom stereocenters. The molecule has 24 heavy (non-hydrogen) atoms. The highest BCUT2D eigenvalue weighted by Crippen LogP contribution is 2.30. The maximum absolute atomic E-state index is 12.1. The monoisotopic (exact) mass is 327 g/mol. The molecule has 5 nitrogen and oxygen atoms in total. The van der Waals surface area contributed by atoms with Crippen LogP contribution < -0.4 is 14.8 Å². The number of carbonyl (C=O) groups is 1. The zero-order chi connectivity index (χ0) is 17.1. The van der Waals surface area contributed by atoms with E-state index in [0.29, 0.717) is 12.4 Å². The van der Waals surface area contributed by atoms with Gasteiger partial charge < -0.3 is 19.5 Å². The van der Waals surface area contributed by atoms with Crippen molar-refractivity contribution in [3.05, 3.63) is 53.1 Å². The van der Waals surface area contributed by atoms with Gasteiger partial charge >= 0.3 is 0 Å². The number of ether oxygens (including phenoxy) is 3. The quantitative estimate of drug-likeness (QED) is 0.827. The van der Waals surface area contributed by atoms with E-state index in [0.717, 1.165) is 28.1 Å². The summed E-state index contributed by atoms with van der Waals surface area (Å²) in [5.41, 5.74) is 3.74. The van der Waals surface area contributed by atoms with E-state index in [1.54, 1.807) is 0 Å². The molecule has 126 valence electrons. The van der Waals surface area contributed by atoms with Crippen LogP contribution >= 0.6 is 0 Å². The van der Waals surface area contributed by atoms with E-state index in [-0.39, 0.29) is 18.8 Å². The van der Waals surface area contributed by atoms with Gasteiger partial charge in [0.05, 0.1) is 0 Å². The van der Waals surface area contributed by atoms with Crippen LogP contribution in [0.2, 0.25) is 0 Å². The smallest absolute Gasteiger partial charge is 0.262 e. The minimum Gasteiger partial charge on any atom is -0.484 e. The number of aryl methyl sites for hydroxylation is 3. The Balaban J connectivity index is 1.59. The molecule has 1 amide bonds. The Hall–Kier alpha value is -2.53. The van der Waals surface area contributed by atoms with Gasteiger partial charge in [-0.05, 0) is 61.7 Å². The average molecular weight is 327 g/mol. The van der Waals surface area contributed by atoms with Crippen LogP contribution in [0.25, 0.3) is 0 Å². The zero-order valence-electron chi connectivity index (χ0n) is 14.1. The second kappa shape index (κ2) is 6.93. The van der Waals surface area contributed by atoms with Gasteiger partial charge in [-0.2, -0.15) is 0 Å². The summed E-state index contributed by atoms with van der Waals surface area (Å²) in [5, 5.41) is 2.85. The Morgan fingerprint density at radius 3 is 2.54 bits per heavy atom. The summed E-state index contributed by atoms with van der Waals surface area (Å²) in [4.78, 5) is 12.1. The lowest BCUT2D eigenvalue weighted by atomic mass is 10.1. The van der Waals surface area contributed by atoms with Crippen molar-refractivity contribution in [2.45, 2.75) is 27.1 Å². The summed E-state index contributed by atoms with van der Waals surface area (Å²) in [6.07, 6.45) is -0.134. The normalized spacial score (nSPS) is 15.7. The lowest BCUT2D eigenvalue weighted by Gasteiger charge is -2.13. The summed E-state index contributed by atoms with van der Waals surface area (Å²) < 4.78 is 16.3. The fourth-order valence-electron chi connectivity index (χ4n) is 2.50. The van der Waals surface area contributed by atoms with Crippen molar-refractivity contribution in [3.63, 3.8) is 0 Å². The number of epoxide rings is 1. The second-order valence-electron chi connectivity index (χ2n) is 5.97. The van der Waals surface area contributed by atoms with Crippen molar-refractivity contribution in [3.8, 4) is 11.5 Å². The first-order valence-electron chi connectivity index (χ1n) is 7.90. The van der Waals surface area contributed by atoms with Crippen LogP contribution in [0.15, 0.2) is 36.4 Å².